The monoisotopic (exact) mass is 389 g/mol. The van der Waals surface area contributed by atoms with E-state index in [4.69, 9.17) is 34.4 Å². The van der Waals surface area contributed by atoms with E-state index in [0.717, 1.165) is 0 Å². The summed E-state index contributed by atoms with van der Waals surface area (Å²) in [5, 5.41) is 6.70. The van der Waals surface area contributed by atoms with E-state index in [9.17, 15) is 9.59 Å². The first-order valence-electron chi connectivity index (χ1n) is 7.26. The molecular formula is C18H13Cl2N3O3. The Morgan fingerprint density at radius 3 is 2.73 bits per heavy atom. The van der Waals surface area contributed by atoms with Crippen molar-refractivity contribution in [1.82, 2.24) is 5.43 Å². The molecule has 0 radical (unpaired) electrons. The number of carbonyl (C=O) groups is 2. The van der Waals surface area contributed by atoms with Gasteiger partial charge in [0.1, 0.15) is 12.4 Å². The quantitative estimate of drug-likeness (QED) is 0.356. The van der Waals surface area contributed by atoms with Gasteiger partial charge in [-0.3, -0.25) is 9.59 Å². The van der Waals surface area contributed by atoms with Crippen molar-refractivity contribution in [3.8, 4) is 18.1 Å². The minimum atomic E-state index is -0.973. The molecule has 2 rings (SSSR count). The van der Waals surface area contributed by atoms with Crippen molar-refractivity contribution in [2.45, 2.75) is 0 Å². The van der Waals surface area contributed by atoms with Gasteiger partial charge in [-0.25, -0.2) is 5.43 Å². The average Bonchev–Trinajstić information content (AvgIpc) is 2.63. The SMILES string of the molecule is C#CCOc1ccccc1/C=N/NC(=O)C(=O)Nc1cc(Cl)ccc1Cl. The van der Waals surface area contributed by atoms with Crippen LogP contribution in [0, 0.1) is 12.3 Å². The highest BCUT2D eigenvalue weighted by Gasteiger charge is 2.14. The number of para-hydroxylation sites is 1. The first-order chi connectivity index (χ1) is 12.5. The molecule has 0 unspecified atom stereocenters. The number of halogens is 2. The number of hydrazone groups is 1. The number of ether oxygens (including phenoxy) is 1. The van der Waals surface area contributed by atoms with Crippen molar-refractivity contribution in [2.75, 3.05) is 11.9 Å². The van der Waals surface area contributed by atoms with Crippen molar-refractivity contribution in [1.29, 1.82) is 0 Å². The molecule has 6 nitrogen and oxygen atoms in total. The molecule has 0 aliphatic rings. The van der Waals surface area contributed by atoms with Crippen LogP contribution in [0.1, 0.15) is 5.56 Å². The number of anilines is 1. The summed E-state index contributed by atoms with van der Waals surface area (Å²) in [5.74, 6) is 0.939. The fraction of sp³-hybridized carbons (Fsp3) is 0.0556. The first-order valence-corrected chi connectivity index (χ1v) is 8.01. The molecule has 26 heavy (non-hydrogen) atoms. The van der Waals surface area contributed by atoms with Crippen LogP contribution in [0.5, 0.6) is 5.75 Å². The second-order valence-electron chi connectivity index (χ2n) is 4.81. The number of hydrogen-bond acceptors (Lipinski definition) is 4. The van der Waals surface area contributed by atoms with Crippen LogP contribution in [-0.2, 0) is 9.59 Å². The lowest BCUT2D eigenvalue weighted by Gasteiger charge is -2.07. The van der Waals surface area contributed by atoms with Crippen LogP contribution in [0.15, 0.2) is 47.6 Å². The van der Waals surface area contributed by atoms with Crippen LogP contribution in [0.4, 0.5) is 5.69 Å². The van der Waals surface area contributed by atoms with E-state index in [1.54, 1.807) is 30.3 Å². The standard InChI is InChI=1S/C18H13Cl2N3O3/c1-2-9-26-16-6-4-3-5-12(16)11-21-23-18(25)17(24)22-15-10-13(19)7-8-14(15)20/h1,3-8,10-11H,9H2,(H,22,24)(H,23,25)/b21-11+. The molecule has 0 bridgehead atoms. The lowest BCUT2D eigenvalue weighted by atomic mass is 10.2. The molecule has 132 valence electrons. The molecular weight excluding hydrogens is 377 g/mol. The molecule has 0 aliphatic carbocycles. The fourth-order valence-corrected chi connectivity index (χ4v) is 2.16. The molecule has 0 spiro atoms. The van der Waals surface area contributed by atoms with Gasteiger partial charge in [0.15, 0.2) is 0 Å². The van der Waals surface area contributed by atoms with E-state index in [0.29, 0.717) is 16.3 Å². The van der Waals surface area contributed by atoms with E-state index in [1.165, 1.54) is 18.3 Å². The molecule has 0 fully saturated rings. The molecule has 0 heterocycles. The number of carbonyl (C=O) groups excluding carboxylic acids is 2. The van der Waals surface area contributed by atoms with Gasteiger partial charge < -0.3 is 10.1 Å². The second kappa shape index (κ2) is 9.47. The third-order valence-corrected chi connectivity index (χ3v) is 3.55. The molecule has 2 N–H and O–H groups in total. The number of amides is 2. The molecule has 2 aromatic carbocycles. The van der Waals surface area contributed by atoms with E-state index in [-0.39, 0.29) is 17.3 Å². The second-order valence-corrected chi connectivity index (χ2v) is 5.65. The highest BCUT2D eigenvalue weighted by Crippen LogP contribution is 2.25. The Morgan fingerprint density at radius 1 is 1.19 bits per heavy atom. The van der Waals surface area contributed by atoms with Crippen molar-refractivity contribution >= 4 is 46.9 Å². The van der Waals surface area contributed by atoms with Gasteiger partial charge in [-0.2, -0.15) is 5.10 Å². The Bertz CT molecular complexity index is 891. The lowest BCUT2D eigenvalue weighted by molar-refractivity contribution is -0.136. The van der Waals surface area contributed by atoms with E-state index < -0.39 is 11.8 Å². The van der Waals surface area contributed by atoms with Gasteiger partial charge in [0.2, 0.25) is 0 Å². The Labute approximate surface area is 160 Å². The Hall–Kier alpha value is -3.01. The third-order valence-electron chi connectivity index (χ3n) is 2.98. The van der Waals surface area contributed by atoms with Crippen LogP contribution < -0.4 is 15.5 Å². The number of rotatable bonds is 5. The number of nitrogens with zero attached hydrogens (tertiary/aromatic N) is 1. The van der Waals surface area contributed by atoms with Crippen molar-refractivity contribution in [3.05, 3.63) is 58.1 Å². The van der Waals surface area contributed by atoms with Gasteiger partial charge in [0, 0.05) is 10.6 Å². The summed E-state index contributed by atoms with van der Waals surface area (Å²) in [6.45, 7) is 0.0972. The zero-order valence-electron chi connectivity index (χ0n) is 13.3. The molecule has 0 aromatic heterocycles. The molecule has 0 atom stereocenters. The largest absolute Gasteiger partial charge is 0.480 e. The fourth-order valence-electron chi connectivity index (χ4n) is 1.82. The highest BCUT2D eigenvalue weighted by atomic mass is 35.5. The average molecular weight is 390 g/mol. The van der Waals surface area contributed by atoms with Gasteiger partial charge in [-0.1, -0.05) is 41.3 Å². The maximum atomic E-state index is 11.9. The molecule has 2 amide bonds. The van der Waals surface area contributed by atoms with Gasteiger partial charge in [-0.15, -0.1) is 6.42 Å². The van der Waals surface area contributed by atoms with Gasteiger partial charge >= 0.3 is 11.8 Å². The molecule has 0 saturated heterocycles. The summed E-state index contributed by atoms with van der Waals surface area (Å²) in [6.07, 6.45) is 6.49. The first kappa shape index (κ1) is 19.3. The number of nitrogens with one attached hydrogen (secondary N) is 2. The van der Waals surface area contributed by atoms with Crippen LogP contribution in [0.3, 0.4) is 0 Å². The van der Waals surface area contributed by atoms with E-state index in [2.05, 4.69) is 21.8 Å². The molecule has 0 aliphatic heterocycles. The van der Waals surface area contributed by atoms with Crippen molar-refractivity contribution in [2.24, 2.45) is 5.10 Å². The predicted octanol–water partition coefficient (Wildman–Crippen LogP) is 3.09. The molecule has 0 saturated carbocycles. The topological polar surface area (TPSA) is 79.8 Å². The van der Waals surface area contributed by atoms with Crippen LogP contribution in [0.2, 0.25) is 10.0 Å². The smallest absolute Gasteiger partial charge is 0.329 e. The zero-order valence-corrected chi connectivity index (χ0v) is 14.8. The van der Waals surface area contributed by atoms with Crippen molar-refractivity contribution < 1.29 is 14.3 Å². The van der Waals surface area contributed by atoms with Crippen LogP contribution >= 0.6 is 23.2 Å². The number of benzene rings is 2. The summed E-state index contributed by atoms with van der Waals surface area (Å²) < 4.78 is 5.35. The van der Waals surface area contributed by atoms with Crippen molar-refractivity contribution in [3.63, 3.8) is 0 Å². The summed E-state index contributed by atoms with van der Waals surface area (Å²) in [7, 11) is 0. The Kier molecular flexibility index (Phi) is 7.03. The Morgan fingerprint density at radius 2 is 1.96 bits per heavy atom. The van der Waals surface area contributed by atoms with Gasteiger partial charge in [-0.05, 0) is 30.3 Å². The van der Waals surface area contributed by atoms with Crippen LogP contribution in [0.25, 0.3) is 0 Å². The maximum absolute atomic E-state index is 11.9. The summed E-state index contributed by atoms with van der Waals surface area (Å²) in [5.41, 5.74) is 2.92. The van der Waals surface area contributed by atoms with E-state index >= 15 is 0 Å². The summed E-state index contributed by atoms with van der Waals surface area (Å²) in [4.78, 5) is 23.7. The van der Waals surface area contributed by atoms with E-state index in [1.807, 2.05) is 0 Å². The van der Waals surface area contributed by atoms with Crippen LogP contribution in [-0.4, -0.2) is 24.6 Å². The minimum Gasteiger partial charge on any atom is -0.480 e. The van der Waals surface area contributed by atoms with Gasteiger partial charge in [0.25, 0.3) is 0 Å². The number of hydrogen-bond donors (Lipinski definition) is 2. The zero-order chi connectivity index (χ0) is 18.9. The normalized spacial score (nSPS) is 10.2. The molecule has 8 heteroatoms. The third kappa shape index (κ3) is 5.52. The number of terminal acetylenes is 1. The Balaban J connectivity index is 1.98. The summed E-state index contributed by atoms with van der Waals surface area (Å²) >= 11 is 11.7. The summed E-state index contributed by atoms with van der Waals surface area (Å²) in [6, 6.07) is 11.4. The lowest BCUT2D eigenvalue weighted by Crippen LogP contribution is -2.32. The van der Waals surface area contributed by atoms with Gasteiger partial charge in [0.05, 0.1) is 16.9 Å². The maximum Gasteiger partial charge on any atom is 0.329 e. The minimum absolute atomic E-state index is 0.0972. The highest BCUT2D eigenvalue weighted by molar-refractivity contribution is 6.42. The predicted molar refractivity (Wildman–Crippen MR) is 102 cm³/mol. The molecule has 2 aromatic rings.